The smallest absolute Gasteiger partial charge is 0.273 e. The predicted octanol–water partition coefficient (Wildman–Crippen LogP) is 2.09. The summed E-state index contributed by atoms with van der Waals surface area (Å²) in [7, 11) is 0. The highest BCUT2D eigenvalue weighted by atomic mass is 19.1. The van der Waals surface area contributed by atoms with Crippen LogP contribution < -0.4 is 11.1 Å². The van der Waals surface area contributed by atoms with Crippen LogP contribution >= 0.6 is 0 Å². The van der Waals surface area contributed by atoms with Crippen molar-refractivity contribution in [1.82, 2.24) is 14.7 Å². The summed E-state index contributed by atoms with van der Waals surface area (Å²) >= 11 is 0. The lowest BCUT2D eigenvalue weighted by atomic mass is 9.88. The van der Waals surface area contributed by atoms with Gasteiger partial charge in [0.15, 0.2) is 5.78 Å². The van der Waals surface area contributed by atoms with E-state index >= 15 is 0 Å². The molecule has 1 N–H and O–H groups in total. The minimum absolute atomic E-state index is 0.223. The molecule has 160 valence electrons. The summed E-state index contributed by atoms with van der Waals surface area (Å²) in [4.78, 5) is 51.5. The molecule has 7 nitrogen and oxygen atoms in total. The molecule has 31 heavy (non-hydrogen) atoms. The number of likely N-dealkylation sites (tertiary alicyclic amines) is 1. The molecule has 1 amide bonds. The summed E-state index contributed by atoms with van der Waals surface area (Å²) in [6.07, 6.45) is 0.591. The Kier molecular flexibility index (Phi) is 5.50. The largest absolute Gasteiger partial charge is 0.341 e. The minimum atomic E-state index is -0.774. The van der Waals surface area contributed by atoms with Gasteiger partial charge in [-0.2, -0.15) is 0 Å². The Balaban J connectivity index is 1.44. The zero-order chi connectivity index (χ0) is 22.1. The monoisotopic (exact) mass is 427 g/mol. The van der Waals surface area contributed by atoms with Gasteiger partial charge in [-0.3, -0.25) is 24.3 Å². The molecule has 4 rings (SSSR count). The van der Waals surface area contributed by atoms with Gasteiger partial charge in [-0.1, -0.05) is 12.1 Å². The summed E-state index contributed by atoms with van der Waals surface area (Å²) in [5.41, 5.74) is -1.23. The first-order chi connectivity index (χ1) is 14.8. The molecule has 1 aliphatic heterocycles. The molecule has 2 heterocycles. The third-order valence-corrected chi connectivity index (χ3v) is 5.59. The number of fused-ring (bicyclic) bond motifs is 1. The molecular formula is C22H19F2N3O4. The molecule has 1 saturated heterocycles. The zero-order valence-corrected chi connectivity index (χ0v) is 16.4. The Bertz CT molecular complexity index is 1290. The van der Waals surface area contributed by atoms with E-state index in [2.05, 4.69) is 5.10 Å². The number of aromatic amines is 1. The molecule has 2 aromatic carbocycles. The topological polar surface area (TPSA) is 92.2 Å². The van der Waals surface area contributed by atoms with Crippen LogP contribution in [0.2, 0.25) is 0 Å². The third-order valence-electron chi connectivity index (χ3n) is 5.59. The van der Waals surface area contributed by atoms with Crippen molar-refractivity contribution >= 4 is 22.5 Å². The number of aromatic nitrogens is 2. The normalized spacial score (nSPS) is 14.7. The van der Waals surface area contributed by atoms with E-state index in [1.54, 1.807) is 12.1 Å². The lowest BCUT2D eigenvalue weighted by Crippen LogP contribution is -2.44. The summed E-state index contributed by atoms with van der Waals surface area (Å²) in [5, 5.41) is 2.89. The number of nitrogens with zero attached hydrogens (tertiary/aromatic N) is 2. The Morgan fingerprint density at radius 2 is 1.68 bits per heavy atom. The Labute approximate surface area is 174 Å². The second-order valence-corrected chi connectivity index (χ2v) is 7.52. The number of rotatable bonds is 4. The number of Topliss-reactive ketones (excluding diaryl/α,β-unsaturated/α-hetero) is 1. The van der Waals surface area contributed by atoms with Gasteiger partial charge in [0, 0.05) is 19.0 Å². The number of carbonyl (C=O) groups is 2. The molecule has 9 heteroatoms. The number of piperidine rings is 1. The maximum Gasteiger partial charge on any atom is 0.273 e. The van der Waals surface area contributed by atoms with Crippen LogP contribution in [0.25, 0.3) is 10.8 Å². The van der Waals surface area contributed by atoms with Gasteiger partial charge >= 0.3 is 0 Å². The van der Waals surface area contributed by atoms with Gasteiger partial charge < -0.3 is 4.90 Å². The average molecular weight is 427 g/mol. The van der Waals surface area contributed by atoms with Crippen LogP contribution in [0.3, 0.4) is 0 Å². The molecular weight excluding hydrogens is 408 g/mol. The van der Waals surface area contributed by atoms with Crippen LogP contribution in [-0.4, -0.2) is 39.5 Å². The third kappa shape index (κ3) is 4.03. The van der Waals surface area contributed by atoms with Crippen LogP contribution in [0, 0.1) is 17.6 Å². The van der Waals surface area contributed by atoms with E-state index in [0.717, 1.165) is 22.9 Å². The first-order valence-corrected chi connectivity index (χ1v) is 9.84. The van der Waals surface area contributed by atoms with E-state index in [0.29, 0.717) is 12.8 Å². The lowest BCUT2D eigenvalue weighted by molar-refractivity contribution is -0.133. The Morgan fingerprint density at radius 1 is 1.00 bits per heavy atom. The average Bonchev–Trinajstić information content (AvgIpc) is 2.78. The first-order valence-electron chi connectivity index (χ1n) is 9.84. The first kappa shape index (κ1) is 20.6. The van der Waals surface area contributed by atoms with E-state index in [-0.39, 0.29) is 41.9 Å². The van der Waals surface area contributed by atoms with Gasteiger partial charge in [0.05, 0.1) is 16.3 Å². The minimum Gasteiger partial charge on any atom is -0.341 e. The molecule has 0 spiro atoms. The molecule has 0 saturated carbocycles. The van der Waals surface area contributed by atoms with Crippen LogP contribution in [0.15, 0.2) is 52.1 Å². The SMILES string of the molecule is O=C(c1cc(F)ccc1F)C1CCN(C(=O)Cn2[nH]c(=O)c3ccccc3c2=O)CC1. The predicted molar refractivity (Wildman–Crippen MR) is 109 cm³/mol. The molecule has 1 aliphatic rings. The quantitative estimate of drug-likeness (QED) is 0.646. The van der Waals surface area contributed by atoms with E-state index in [9.17, 15) is 28.0 Å². The van der Waals surface area contributed by atoms with Crippen LogP contribution in [-0.2, 0) is 11.3 Å². The van der Waals surface area contributed by atoms with Crippen molar-refractivity contribution < 1.29 is 18.4 Å². The number of benzene rings is 2. The van der Waals surface area contributed by atoms with E-state index in [1.165, 1.54) is 17.0 Å². The number of ketones is 1. The number of amides is 1. The fourth-order valence-electron chi connectivity index (χ4n) is 3.89. The summed E-state index contributed by atoms with van der Waals surface area (Å²) in [5.74, 6) is -2.85. The molecule has 1 aromatic heterocycles. The number of carbonyl (C=O) groups excluding carboxylic acids is 2. The van der Waals surface area contributed by atoms with Crippen molar-refractivity contribution in [3.8, 4) is 0 Å². The van der Waals surface area contributed by atoms with E-state index in [1.807, 2.05) is 0 Å². The van der Waals surface area contributed by atoms with E-state index < -0.39 is 34.5 Å². The Morgan fingerprint density at radius 3 is 2.39 bits per heavy atom. The highest BCUT2D eigenvalue weighted by Gasteiger charge is 2.29. The standard InChI is InChI=1S/C22H19F2N3O4/c23-14-5-6-18(24)17(11-14)20(29)13-7-9-26(10-8-13)19(28)12-27-22(31)16-4-2-1-3-15(16)21(30)25-27/h1-6,11,13H,7-10,12H2,(H,25,30). The summed E-state index contributed by atoms with van der Waals surface area (Å²) in [6.45, 7) is 0.132. The van der Waals surface area contributed by atoms with Gasteiger partial charge in [-0.25, -0.2) is 13.5 Å². The maximum atomic E-state index is 13.9. The highest BCUT2D eigenvalue weighted by molar-refractivity contribution is 5.98. The van der Waals surface area contributed by atoms with Crippen molar-refractivity contribution in [2.45, 2.75) is 19.4 Å². The van der Waals surface area contributed by atoms with Crippen molar-refractivity contribution in [3.05, 3.63) is 80.4 Å². The van der Waals surface area contributed by atoms with Crippen LogP contribution in [0.4, 0.5) is 8.78 Å². The number of hydrogen-bond acceptors (Lipinski definition) is 4. The molecule has 0 radical (unpaired) electrons. The molecule has 0 unspecified atom stereocenters. The van der Waals surface area contributed by atoms with Crippen molar-refractivity contribution in [2.24, 2.45) is 5.92 Å². The number of nitrogens with one attached hydrogen (secondary N) is 1. The molecule has 0 aliphatic carbocycles. The van der Waals surface area contributed by atoms with Crippen LogP contribution in [0.5, 0.6) is 0 Å². The van der Waals surface area contributed by atoms with Gasteiger partial charge in [-0.05, 0) is 43.2 Å². The van der Waals surface area contributed by atoms with Crippen molar-refractivity contribution in [1.29, 1.82) is 0 Å². The zero-order valence-electron chi connectivity index (χ0n) is 16.4. The summed E-state index contributed by atoms with van der Waals surface area (Å²) in [6, 6.07) is 9.10. The molecule has 0 atom stereocenters. The van der Waals surface area contributed by atoms with E-state index in [4.69, 9.17) is 0 Å². The van der Waals surface area contributed by atoms with Crippen molar-refractivity contribution in [3.63, 3.8) is 0 Å². The molecule has 3 aromatic rings. The highest BCUT2D eigenvalue weighted by Crippen LogP contribution is 2.24. The number of halogens is 2. The van der Waals surface area contributed by atoms with Crippen molar-refractivity contribution in [2.75, 3.05) is 13.1 Å². The molecule has 1 fully saturated rings. The van der Waals surface area contributed by atoms with Gasteiger partial charge in [0.1, 0.15) is 18.2 Å². The maximum absolute atomic E-state index is 13.9. The summed E-state index contributed by atoms with van der Waals surface area (Å²) < 4.78 is 28.3. The number of hydrogen-bond donors (Lipinski definition) is 1. The van der Waals surface area contributed by atoms with Gasteiger partial charge in [0.2, 0.25) is 5.91 Å². The Hall–Kier alpha value is -3.62. The number of H-pyrrole nitrogens is 1. The fraction of sp³-hybridized carbons (Fsp3) is 0.273. The second kappa shape index (κ2) is 8.25. The van der Waals surface area contributed by atoms with Crippen LogP contribution in [0.1, 0.15) is 23.2 Å². The fourth-order valence-corrected chi connectivity index (χ4v) is 3.89. The van der Waals surface area contributed by atoms with Gasteiger partial charge in [-0.15, -0.1) is 0 Å². The lowest BCUT2D eigenvalue weighted by Gasteiger charge is -2.31. The second-order valence-electron chi connectivity index (χ2n) is 7.52. The molecule has 0 bridgehead atoms. The van der Waals surface area contributed by atoms with Gasteiger partial charge in [0.25, 0.3) is 11.1 Å².